The molecule has 0 radical (unpaired) electrons. The van der Waals surface area contributed by atoms with Crippen LogP contribution in [0.5, 0.6) is 5.75 Å². The highest BCUT2D eigenvalue weighted by Gasteiger charge is 2.18. The summed E-state index contributed by atoms with van der Waals surface area (Å²) in [7, 11) is 0. The molecule has 0 atom stereocenters. The Morgan fingerprint density at radius 1 is 1.17 bits per heavy atom. The summed E-state index contributed by atoms with van der Waals surface area (Å²) in [5.74, 6) is -0.558. The van der Waals surface area contributed by atoms with E-state index in [0.717, 1.165) is 18.7 Å². The number of nitrogens with zero attached hydrogens (tertiary/aromatic N) is 2. The Labute approximate surface area is 174 Å². The fourth-order valence-electron chi connectivity index (χ4n) is 3.70. The third-order valence-corrected chi connectivity index (χ3v) is 5.18. The zero-order valence-electron chi connectivity index (χ0n) is 16.8. The lowest BCUT2D eigenvalue weighted by Crippen LogP contribution is -2.35. The molecule has 1 saturated heterocycles. The maximum Gasteiger partial charge on any atom is 0.343 e. The normalized spacial score (nSPS) is 14.7. The molecule has 156 valence electrons. The second kappa shape index (κ2) is 8.69. The summed E-state index contributed by atoms with van der Waals surface area (Å²) < 4.78 is 12.2. The number of esters is 1. The van der Waals surface area contributed by atoms with Gasteiger partial charge in [0.15, 0.2) is 0 Å². The molecule has 0 saturated carbocycles. The monoisotopic (exact) mass is 408 g/mol. The van der Waals surface area contributed by atoms with Gasteiger partial charge in [-0.05, 0) is 36.8 Å². The average Bonchev–Trinajstić information content (AvgIpc) is 2.75. The van der Waals surface area contributed by atoms with E-state index in [1.54, 1.807) is 35.8 Å². The van der Waals surface area contributed by atoms with Gasteiger partial charge in [-0.25, -0.2) is 4.79 Å². The molecule has 30 heavy (non-hydrogen) atoms. The number of phenols is 1. The lowest BCUT2D eigenvalue weighted by molar-refractivity contribution is 0.0342. The number of morpholine rings is 1. The predicted molar refractivity (Wildman–Crippen MR) is 113 cm³/mol. The second-order valence-corrected chi connectivity index (χ2v) is 7.22. The van der Waals surface area contributed by atoms with Crippen LogP contribution in [0.15, 0.2) is 53.5 Å². The Bertz CT molecular complexity index is 1130. The first-order chi connectivity index (χ1) is 14.6. The van der Waals surface area contributed by atoms with E-state index in [9.17, 15) is 14.7 Å². The number of carbonyl (C=O) groups is 1. The number of carbonyl (C=O) groups excluding carboxylic acids is 1. The summed E-state index contributed by atoms with van der Waals surface area (Å²) in [5, 5.41) is 10.3. The van der Waals surface area contributed by atoms with E-state index >= 15 is 0 Å². The minimum Gasteiger partial charge on any atom is -0.508 e. The van der Waals surface area contributed by atoms with Gasteiger partial charge in [0, 0.05) is 43.0 Å². The number of aromatic nitrogens is 1. The molecule has 0 aliphatic carbocycles. The molecule has 3 aromatic rings. The molecule has 0 unspecified atom stereocenters. The maximum atomic E-state index is 13.1. The fourth-order valence-corrected chi connectivity index (χ4v) is 3.70. The summed E-state index contributed by atoms with van der Waals surface area (Å²) in [6.45, 7) is 5.67. The van der Waals surface area contributed by atoms with Gasteiger partial charge in [0.05, 0.1) is 25.3 Å². The SMILES string of the molecule is CCOC(=O)c1cn(-c2cccc(O)c2)c2ccc(CN3CCOCC3)cc2c1=O. The number of phenolic OH excluding ortho intramolecular Hbond substituents is 1. The molecule has 1 aliphatic heterocycles. The Balaban J connectivity index is 1.86. The molecule has 7 heteroatoms. The number of aromatic hydroxyl groups is 1. The molecule has 1 aromatic heterocycles. The molecular weight excluding hydrogens is 384 g/mol. The molecular formula is C23H24N2O5. The zero-order valence-corrected chi connectivity index (χ0v) is 16.8. The van der Waals surface area contributed by atoms with Crippen molar-refractivity contribution in [1.82, 2.24) is 9.47 Å². The van der Waals surface area contributed by atoms with Gasteiger partial charge in [-0.1, -0.05) is 12.1 Å². The van der Waals surface area contributed by atoms with Gasteiger partial charge in [0.25, 0.3) is 0 Å². The highest BCUT2D eigenvalue weighted by molar-refractivity contribution is 5.94. The quantitative estimate of drug-likeness (QED) is 0.654. The Hall–Kier alpha value is -3.16. The van der Waals surface area contributed by atoms with Gasteiger partial charge >= 0.3 is 5.97 Å². The predicted octanol–water partition coefficient (Wildman–Crippen LogP) is 2.71. The van der Waals surface area contributed by atoms with Gasteiger partial charge in [0.1, 0.15) is 11.3 Å². The van der Waals surface area contributed by atoms with Gasteiger partial charge in [-0.2, -0.15) is 0 Å². The van der Waals surface area contributed by atoms with Crippen LogP contribution in [-0.4, -0.2) is 53.5 Å². The highest BCUT2D eigenvalue weighted by atomic mass is 16.5. The van der Waals surface area contributed by atoms with Crippen molar-refractivity contribution in [3.05, 3.63) is 70.0 Å². The number of hydrogen-bond donors (Lipinski definition) is 1. The highest BCUT2D eigenvalue weighted by Crippen LogP contribution is 2.22. The molecule has 0 amide bonds. The van der Waals surface area contributed by atoms with Gasteiger partial charge in [-0.3, -0.25) is 9.69 Å². The van der Waals surface area contributed by atoms with Crippen molar-refractivity contribution in [2.45, 2.75) is 13.5 Å². The first-order valence-corrected chi connectivity index (χ1v) is 10.0. The van der Waals surface area contributed by atoms with Gasteiger partial charge < -0.3 is 19.1 Å². The third-order valence-electron chi connectivity index (χ3n) is 5.18. The van der Waals surface area contributed by atoms with Crippen LogP contribution in [0.1, 0.15) is 22.8 Å². The molecule has 2 heterocycles. The molecule has 4 rings (SSSR count). The first kappa shape index (κ1) is 20.1. The van der Waals surface area contributed by atoms with Crippen molar-refractivity contribution >= 4 is 16.9 Å². The zero-order chi connectivity index (χ0) is 21.1. The van der Waals surface area contributed by atoms with Crippen LogP contribution in [0.4, 0.5) is 0 Å². The van der Waals surface area contributed by atoms with Crippen LogP contribution in [0, 0.1) is 0 Å². The van der Waals surface area contributed by atoms with E-state index in [-0.39, 0.29) is 23.3 Å². The van der Waals surface area contributed by atoms with E-state index in [1.165, 1.54) is 6.20 Å². The average molecular weight is 408 g/mol. The largest absolute Gasteiger partial charge is 0.508 e. The molecule has 2 aromatic carbocycles. The Morgan fingerprint density at radius 2 is 1.97 bits per heavy atom. The lowest BCUT2D eigenvalue weighted by Gasteiger charge is -2.26. The Morgan fingerprint density at radius 3 is 2.70 bits per heavy atom. The van der Waals surface area contributed by atoms with Crippen LogP contribution in [0.25, 0.3) is 16.6 Å². The van der Waals surface area contributed by atoms with Crippen molar-refractivity contribution in [3.8, 4) is 11.4 Å². The van der Waals surface area contributed by atoms with Crippen molar-refractivity contribution in [2.24, 2.45) is 0 Å². The number of fused-ring (bicyclic) bond motifs is 1. The van der Waals surface area contributed by atoms with Crippen LogP contribution in [-0.2, 0) is 16.0 Å². The molecule has 1 aliphatic rings. The summed E-state index contributed by atoms with van der Waals surface area (Å²) >= 11 is 0. The lowest BCUT2D eigenvalue weighted by atomic mass is 10.1. The molecule has 1 fully saturated rings. The van der Waals surface area contributed by atoms with Crippen molar-refractivity contribution in [1.29, 1.82) is 0 Å². The van der Waals surface area contributed by atoms with E-state index in [0.29, 0.717) is 36.3 Å². The summed E-state index contributed by atoms with van der Waals surface area (Å²) in [6, 6.07) is 12.4. The van der Waals surface area contributed by atoms with E-state index in [4.69, 9.17) is 9.47 Å². The number of pyridine rings is 1. The number of rotatable bonds is 5. The third kappa shape index (κ3) is 4.08. The minimum absolute atomic E-state index is 0.0313. The molecule has 1 N–H and O–H groups in total. The summed E-state index contributed by atoms with van der Waals surface area (Å²) in [6.07, 6.45) is 1.49. The van der Waals surface area contributed by atoms with Crippen LogP contribution >= 0.6 is 0 Å². The van der Waals surface area contributed by atoms with E-state index in [1.807, 2.05) is 18.2 Å². The summed E-state index contributed by atoms with van der Waals surface area (Å²) in [4.78, 5) is 27.9. The van der Waals surface area contributed by atoms with Crippen LogP contribution in [0.3, 0.4) is 0 Å². The molecule has 0 spiro atoms. The van der Waals surface area contributed by atoms with Crippen LogP contribution < -0.4 is 5.43 Å². The van der Waals surface area contributed by atoms with Gasteiger partial charge in [-0.15, -0.1) is 0 Å². The number of hydrogen-bond acceptors (Lipinski definition) is 6. The smallest absolute Gasteiger partial charge is 0.343 e. The first-order valence-electron chi connectivity index (χ1n) is 10.0. The number of benzene rings is 2. The van der Waals surface area contributed by atoms with E-state index in [2.05, 4.69) is 4.90 Å². The van der Waals surface area contributed by atoms with Crippen molar-refractivity contribution in [3.63, 3.8) is 0 Å². The number of ether oxygens (including phenoxy) is 2. The molecule has 7 nitrogen and oxygen atoms in total. The second-order valence-electron chi connectivity index (χ2n) is 7.22. The topological polar surface area (TPSA) is 81.0 Å². The standard InChI is InChI=1S/C23H24N2O5/c1-2-30-23(28)20-15-25(17-4-3-5-18(26)13-17)21-7-6-16(12-19(21)22(20)27)14-24-8-10-29-11-9-24/h3-7,12-13,15,26H,2,8-11,14H2,1H3. The van der Waals surface area contributed by atoms with Gasteiger partial charge in [0.2, 0.25) is 5.43 Å². The minimum atomic E-state index is -0.656. The van der Waals surface area contributed by atoms with Crippen molar-refractivity contribution < 1.29 is 19.4 Å². The fraction of sp³-hybridized carbons (Fsp3) is 0.304. The Kier molecular flexibility index (Phi) is 5.83. The maximum absolute atomic E-state index is 13.1. The van der Waals surface area contributed by atoms with Crippen molar-refractivity contribution in [2.75, 3.05) is 32.9 Å². The van der Waals surface area contributed by atoms with E-state index < -0.39 is 5.97 Å². The molecule has 0 bridgehead atoms. The summed E-state index contributed by atoms with van der Waals surface area (Å²) in [5.41, 5.74) is 1.90. The van der Waals surface area contributed by atoms with Crippen LogP contribution in [0.2, 0.25) is 0 Å².